The molecular weight excluding hydrogens is 231 g/mol. The molecule has 2 aliphatic heterocycles. The average Bonchev–Trinajstić information content (AvgIpc) is 2.83. The third kappa shape index (κ3) is 1.38. The van der Waals surface area contributed by atoms with E-state index in [9.17, 15) is 18.0 Å². The summed E-state index contributed by atoms with van der Waals surface area (Å²) in [7, 11) is 0. The summed E-state index contributed by atoms with van der Waals surface area (Å²) < 4.78 is 37.5. The molecule has 1 saturated heterocycles. The summed E-state index contributed by atoms with van der Waals surface area (Å²) in [5.74, 6) is -1.71. The Morgan fingerprint density at radius 1 is 1.12 bits per heavy atom. The second-order valence-corrected chi connectivity index (χ2v) is 4.45. The van der Waals surface area contributed by atoms with Crippen molar-refractivity contribution in [1.29, 1.82) is 0 Å². The zero-order valence-corrected chi connectivity index (χ0v) is 8.87. The van der Waals surface area contributed by atoms with Crippen molar-refractivity contribution in [2.45, 2.75) is 31.1 Å². The summed E-state index contributed by atoms with van der Waals surface area (Å²) in [6.45, 7) is 0. The largest absolute Gasteiger partial charge is 0.471 e. The molecular formula is C12H10F3NO. The third-order valence-electron chi connectivity index (χ3n) is 3.58. The van der Waals surface area contributed by atoms with Gasteiger partial charge in [-0.05, 0) is 24.0 Å². The van der Waals surface area contributed by atoms with Crippen LogP contribution >= 0.6 is 0 Å². The van der Waals surface area contributed by atoms with Gasteiger partial charge in [0.2, 0.25) is 0 Å². The fourth-order valence-corrected chi connectivity index (χ4v) is 2.97. The molecule has 2 heterocycles. The first-order chi connectivity index (χ1) is 8.00. The Bertz CT molecular complexity index is 452. The van der Waals surface area contributed by atoms with Crippen LogP contribution in [0.25, 0.3) is 0 Å². The van der Waals surface area contributed by atoms with E-state index in [1.165, 1.54) is 0 Å². The fraction of sp³-hybridized carbons (Fsp3) is 0.417. The predicted molar refractivity (Wildman–Crippen MR) is 54.1 cm³/mol. The molecule has 0 saturated carbocycles. The Kier molecular flexibility index (Phi) is 2.03. The van der Waals surface area contributed by atoms with Crippen LogP contribution in [0, 0.1) is 0 Å². The van der Waals surface area contributed by atoms with Crippen molar-refractivity contribution in [2.75, 3.05) is 0 Å². The molecule has 0 aromatic heterocycles. The van der Waals surface area contributed by atoms with Crippen molar-refractivity contribution in [3.05, 3.63) is 35.4 Å². The van der Waals surface area contributed by atoms with E-state index in [1.807, 2.05) is 12.1 Å². The highest BCUT2D eigenvalue weighted by atomic mass is 19.4. The van der Waals surface area contributed by atoms with E-state index in [2.05, 4.69) is 0 Å². The standard InChI is InChI=1S/C12H10F3NO/c13-12(14,15)11(17)16-9-5-6-10(16)8-4-2-1-3-7(8)9/h1-4,9-10H,5-6H2. The van der Waals surface area contributed by atoms with E-state index in [0.717, 1.165) is 16.0 Å². The minimum Gasteiger partial charge on any atom is -0.321 e. The number of hydrogen-bond donors (Lipinski definition) is 0. The number of benzene rings is 1. The minimum absolute atomic E-state index is 0.384. The van der Waals surface area contributed by atoms with Gasteiger partial charge >= 0.3 is 12.1 Å². The summed E-state index contributed by atoms with van der Waals surface area (Å²) in [6, 6.07) is 6.47. The minimum atomic E-state index is -4.77. The van der Waals surface area contributed by atoms with Crippen molar-refractivity contribution in [3.63, 3.8) is 0 Å². The molecule has 0 N–H and O–H groups in total. The molecule has 17 heavy (non-hydrogen) atoms. The molecule has 90 valence electrons. The molecule has 1 aromatic rings. The van der Waals surface area contributed by atoms with E-state index in [1.54, 1.807) is 12.1 Å². The van der Waals surface area contributed by atoms with Crippen molar-refractivity contribution in [1.82, 2.24) is 4.90 Å². The molecule has 5 heteroatoms. The second-order valence-electron chi connectivity index (χ2n) is 4.45. The van der Waals surface area contributed by atoms with Gasteiger partial charge in [-0.3, -0.25) is 4.79 Å². The number of carbonyl (C=O) groups is 1. The lowest BCUT2D eigenvalue weighted by Gasteiger charge is -2.23. The number of amides is 1. The Hall–Kier alpha value is -1.52. The lowest BCUT2D eigenvalue weighted by Crippen LogP contribution is -2.39. The molecule has 0 radical (unpaired) electrons. The molecule has 1 fully saturated rings. The number of fused-ring (bicyclic) bond motifs is 5. The second kappa shape index (κ2) is 3.24. The number of alkyl halides is 3. The summed E-state index contributed by atoms with van der Waals surface area (Å²) in [5, 5.41) is 0. The average molecular weight is 241 g/mol. The van der Waals surface area contributed by atoms with Crippen LogP contribution in [0.2, 0.25) is 0 Å². The Balaban J connectivity index is 2.01. The normalized spacial score (nSPS) is 26.2. The van der Waals surface area contributed by atoms with E-state index < -0.39 is 12.1 Å². The smallest absolute Gasteiger partial charge is 0.321 e. The van der Waals surface area contributed by atoms with Crippen LogP contribution in [0.1, 0.15) is 36.1 Å². The number of halogens is 3. The first-order valence-electron chi connectivity index (χ1n) is 5.48. The lowest BCUT2D eigenvalue weighted by atomic mass is 9.92. The Morgan fingerprint density at radius 3 is 2.00 bits per heavy atom. The predicted octanol–water partition coefficient (Wildman–Crippen LogP) is 2.97. The molecule has 0 aliphatic carbocycles. The lowest BCUT2D eigenvalue weighted by molar-refractivity contribution is -0.188. The maximum Gasteiger partial charge on any atom is 0.471 e. The van der Waals surface area contributed by atoms with Crippen molar-refractivity contribution < 1.29 is 18.0 Å². The number of hydrogen-bond acceptors (Lipinski definition) is 1. The summed E-state index contributed by atoms with van der Waals surface area (Å²) >= 11 is 0. The molecule has 2 unspecified atom stereocenters. The van der Waals surface area contributed by atoms with E-state index in [0.29, 0.717) is 12.8 Å². The summed E-state index contributed by atoms with van der Waals surface area (Å²) in [4.78, 5) is 12.4. The molecule has 1 aromatic carbocycles. The fourth-order valence-electron chi connectivity index (χ4n) is 2.97. The van der Waals surface area contributed by atoms with Crippen LogP contribution in [0.15, 0.2) is 24.3 Å². The molecule has 2 nitrogen and oxygen atoms in total. The molecule has 2 bridgehead atoms. The molecule has 2 aliphatic rings. The van der Waals surface area contributed by atoms with Gasteiger partial charge in [-0.15, -0.1) is 0 Å². The zero-order valence-electron chi connectivity index (χ0n) is 8.87. The number of rotatable bonds is 0. The van der Waals surface area contributed by atoms with Crippen LogP contribution in [0.3, 0.4) is 0 Å². The highest BCUT2D eigenvalue weighted by Gasteiger charge is 2.53. The van der Waals surface area contributed by atoms with Crippen molar-refractivity contribution in [2.24, 2.45) is 0 Å². The highest BCUT2D eigenvalue weighted by molar-refractivity contribution is 5.84. The maximum atomic E-state index is 12.5. The van der Waals surface area contributed by atoms with Gasteiger partial charge in [0.15, 0.2) is 0 Å². The van der Waals surface area contributed by atoms with Crippen molar-refractivity contribution >= 4 is 5.91 Å². The van der Waals surface area contributed by atoms with Crippen LogP contribution in [0.5, 0.6) is 0 Å². The zero-order chi connectivity index (χ0) is 12.2. The molecule has 0 spiro atoms. The van der Waals surface area contributed by atoms with Crippen LogP contribution < -0.4 is 0 Å². The first kappa shape index (κ1) is 10.6. The van der Waals surface area contributed by atoms with Crippen LogP contribution in [0.4, 0.5) is 13.2 Å². The van der Waals surface area contributed by atoms with Gasteiger partial charge in [0.1, 0.15) is 0 Å². The number of carbonyl (C=O) groups excluding carboxylic acids is 1. The topological polar surface area (TPSA) is 20.3 Å². The molecule has 2 atom stereocenters. The maximum absolute atomic E-state index is 12.5. The Morgan fingerprint density at radius 2 is 1.59 bits per heavy atom. The monoisotopic (exact) mass is 241 g/mol. The van der Waals surface area contributed by atoms with Gasteiger partial charge in [-0.1, -0.05) is 24.3 Å². The SMILES string of the molecule is O=C(N1C2CCC1c1ccccc12)C(F)(F)F. The van der Waals surface area contributed by atoms with Gasteiger partial charge in [-0.25, -0.2) is 0 Å². The summed E-state index contributed by atoms with van der Waals surface area (Å²) in [5.41, 5.74) is 1.75. The van der Waals surface area contributed by atoms with E-state index in [4.69, 9.17) is 0 Å². The van der Waals surface area contributed by atoms with Gasteiger partial charge in [0.25, 0.3) is 0 Å². The Labute approximate surface area is 96.0 Å². The third-order valence-corrected chi connectivity index (χ3v) is 3.58. The molecule has 1 amide bonds. The van der Waals surface area contributed by atoms with Gasteiger partial charge in [-0.2, -0.15) is 13.2 Å². The summed E-state index contributed by atoms with van der Waals surface area (Å²) in [6.07, 6.45) is -3.52. The molecule has 3 rings (SSSR count). The van der Waals surface area contributed by atoms with Gasteiger partial charge in [0.05, 0.1) is 12.1 Å². The van der Waals surface area contributed by atoms with Crippen molar-refractivity contribution in [3.8, 4) is 0 Å². The number of nitrogens with zero attached hydrogens (tertiary/aromatic N) is 1. The van der Waals surface area contributed by atoms with E-state index >= 15 is 0 Å². The highest BCUT2D eigenvalue weighted by Crippen LogP contribution is 2.53. The quantitative estimate of drug-likeness (QED) is 0.683. The van der Waals surface area contributed by atoms with Crippen LogP contribution in [-0.2, 0) is 4.79 Å². The van der Waals surface area contributed by atoms with E-state index in [-0.39, 0.29) is 12.1 Å². The van der Waals surface area contributed by atoms with Gasteiger partial charge < -0.3 is 4.90 Å². The van der Waals surface area contributed by atoms with Gasteiger partial charge in [0, 0.05) is 0 Å². The first-order valence-corrected chi connectivity index (χ1v) is 5.48. The van der Waals surface area contributed by atoms with Crippen LogP contribution in [-0.4, -0.2) is 17.0 Å².